The number of esters is 1. The van der Waals surface area contributed by atoms with E-state index >= 15 is 0 Å². The van der Waals surface area contributed by atoms with Crippen molar-refractivity contribution >= 4 is 23.5 Å². The van der Waals surface area contributed by atoms with Crippen molar-refractivity contribution in [1.82, 2.24) is 4.90 Å². The van der Waals surface area contributed by atoms with Gasteiger partial charge < -0.3 is 9.64 Å². The molecule has 1 unspecified atom stereocenters. The summed E-state index contributed by atoms with van der Waals surface area (Å²) in [6.07, 6.45) is 2.26. The van der Waals surface area contributed by atoms with Gasteiger partial charge in [0, 0.05) is 18.0 Å². The van der Waals surface area contributed by atoms with E-state index in [0.717, 1.165) is 24.9 Å². The van der Waals surface area contributed by atoms with E-state index in [1.54, 1.807) is 6.92 Å². The molecule has 114 valence electrons. The van der Waals surface area contributed by atoms with Crippen molar-refractivity contribution in [3.05, 3.63) is 34.9 Å². The lowest BCUT2D eigenvalue weighted by molar-refractivity contribution is -0.145. The lowest BCUT2D eigenvalue weighted by atomic mass is 10.0. The number of amides is 1. The van der Waals surface area contributed by atoms with Crippen LogP contribution in [0.1, 0.15) is 44.2 Å². The Morgan fingerprint density at radius 1 is 1.38 bits per heavy atom. The second-order valence-corrected chi connectivity index (χ2v) is 5.54. The SMILES string of the molecule is CCOC(=O)CCC(=O)N1CCCC1c1cccc(Cl)c1. The number of benzene rings is 1. The zero-order valence-corrected chi connectivity index (χ0v) is 12.9. The molecule has 0 radical (unpaired) electrons. The maximum absolute atomic E-state index is 12.3. The van der Waals surface area contributed by atoms with Crippen LogP contribution in [0.25, 0.3) is 0 Å². The topological polar surface area (TPSA) is 46.6 Å². The molecule has 1 atom stereocenters. The van der Waals surface area contributed by atoms with Crippen molar-refractivity contribution in [3.63, 3.8) is 0 Å². The largest absolute Gasteiger partial charge is 0.466 e. The van der Waals surface area contributed by atoms with Crippen LogP contribution in [0.3, 0.4) is 0 Å². The van der Waals surface area contributed by atoms with E-state index in [0.29, 0.717) is 11.6 Å². The Hall–Kier alpha value is -1.55. The average molecular weight is 310 g/mol. The van der Waals surface area contributed by atoms with E-state index in [2.05, 4.69) is 0 Å². The normalized spacial score (nSPS) is 17.8. The summed E-state index contributed by atoms with van der Waals surface area (Å²) in [5, 5.41) is 0.679. The number of nitrogens with zero attached hydrogens (tertiary/aromatic N) is 1. The first-order valence-corrected chi connectivity index (χ1v) is 7.70. The summed E-state index contributed by atoms with van der Waals surface area (Å²) in [5.41, 5.74) is 1.06. The van der Waals surface area contributed by atoms with Gasteiger partial charge in [0.25, 0.3) is 0 Å². The molecule has 0 aromatic heterocycles. The quantitative estimate of drug-likeness (QED) is 0.784. The molecule has 1 aliphatic heterocycles. The highest BCUT2D eigenvalue weighted by atomic mass is 35.5. The van der Waals surface area contributed by atoms with E-state index in [1.165, 1.54) is 0 Å². The number of hydrogen-bond donors (Lipinski definition) is 0. The molecule has 1 fully saturated rings. The Morgan fingerprint density at radius 3 is 2.90 bits per heavy atom. The summed E-state index contributed by atoms with van der Waals surface area (Å²) < 4.78 is 4.86. The van der Waals surface area contributed by atoms with Crippen LogP contribution >= 0.6 is 11.6 Å². The van der Waals surface area contributed by atoms with Gasteiger partial charge in [0.1, 0.15) is 0 Å². The molecule has 1 saturated heterocycles. The van der Waals surface area contributed by atoms with Crippen molar-refractivity contribution in [2.75, 3.05) is 13.2 Å². The molecule has 1 amide bonds. The van der Waals surface area contributed by atoms with E-state index in [1.807, 2.05) is 29.2 Å². The highest BCUT2D eigenvalue weighted by Crippen LogP contribution is 2.33. The van der Waals surface area contributed by atoms with Crippen LogP contribution in [0.4, 0.5) is 0 Å². The standard InChI is InChI=1S/C16H20ClNO3/c1-2-21-16(20)9-8-15(19)18-10-4-7-14(18)12-5-3-6-13(17)11-12/h3,5-6,11,14H,2,4,7-10H2,1H3. The smallest absolute Gasteiger partial charge is 0.306 e. The molecule has 0 spiro atoms. The Balaban J connectivity index is 1.98. The average Bonchev–Trinajstić information content (AvgIpc) is 2.94. The summed E-state index contributed by atoms with van der Waals surface area (Å²) in [5.74, 6) is -0.310. The third-order valence-electron chi connectivity index (χ3n) is 3.65. The van der Waals surface area contributed by atoms with Crippen LogP contribution in [0.5, 0.6) is 0 Å². The molecule has 0 N–H and O–H groups in total. The van der Waals surface area contributed by atoms with Crippen LogP contribution in [0.2, 0.25) is 5.02 Å². The molecule has 5 heteroatoms. The molecule has 2 rings (SSSR count). The van der Waals surface area contributed by atoms with Crippen molar-refractivity contribution in [1.29, 1.82) is 0 Å². The van der Waals surface area contributed by atoms with Gasteiger partial charge in [-0.1, -0.05) is 23.7 Å². The first-order chi connectivity index (χ1) is 10.1. The summed E-state index contributed by atoms with van der Waals surface area (Å²) in [6, 6.07) is 7.69. The van der Waals surface area contributed by atoms with Gasteiger partial charge in [-0.3, -0.25) is 9.59 Å². The molecule has 1 aromatic carbocycles. The van der Waals surface area contributed by atoms with Gasteiger partial charge in [-0.2, -0.15) is 0 Å². The third-order valence-corrected chi connectivity index (χ3v) is 3.89. The van der Waals surface area contributed by atoms with Crippen molar-refractivity contribution in [2.45, 2.75) is 38.6 Å². The Kier molecular flexibility index (Phi) is 5.62. The molecule has 0 saturated carbocycles. The number of halogens is 1. The summed E-state index contributed by atoms with van der Waals surface area (Å²) in [6.45, 7) is 2.84. The highest BCUT2D eigenvalue weighted by Gasteiger charge is 2.29. The lowest BCUT2D eigenvalue weighted by Crippen LogP contribution is -2.30. The fourth-order valence-corrected chi connectivity index (χ4v) is 2.91. The van der Waals surface area contributed by atoms with Crippen LogP contribution in [0.15, 0.2) is 24.3 Å². The van der Waals surface area contributed by atoms with Crippen molar-refractivity contribution in [2.24, 2.45) is 0 Å². The van der Waals surface area contributed by atoms with Crippen molar-refractivity contribution in [3.8, 4) is 0 Å². The van der Waals surface area contributed by atoms with Gasteiger partial charge in [-0.15, -0.1) is 0 Å². The van der Waals surface area contributed by atoms with Crippen LogP contribution in [0, 0.1) is 0 Å². The molecular formula is C16H20ClNO3. The molecule has 1 heterocycles. The summed E-state index contributed by atoms with van der Waals surface area (Å²) >= 11 is 6.02. The fourth-order valence-electron chi connectivity index (χ4n) is 2.71. The molecule has 0 bridgehead atoms. The molecule has 1 aromatic rings. The number of carbonyl (C=O) groups is 2. The lowest BCUT2D eigenvalue weighted by Gasteiger charge is -2.25. The Bertz CT molecular complexity index is 518. The molecule has 21 heavy (non-hydrogen) atoms. The summed E-state index contributed by atoms with van der Waals surface area (Å²) in [7, 11) is 0. The van der Waals surface area contributed by atoms with Crippen LogP contribution in [-0.4, -0.2) is 29.9 Å². The first-order valence-electron chi connectivity index (χ1n) is 7.32. The fraction of sp³-hybridized carbons (Fsp3) is 0.500. The van der Waals surface area contributed by atoms with Crippen LogP contribution in [-0.2, 0) is 14.3 Å². The molecule has 1 aliphatic rings. The monoisotopic (exact) mass is 309 g/mol. The number of ether oxygens (including phenoxy) is 1. The van der Waals surface area contributed by atoms with E-state index in [9.17, 15) is 9.59 Å². The zero-order chi connectivity index (χ0) is 15.2. The van der Waals surface area contributed by atoms with Gasteiger partial charge >= 0.3 is 5.97 Å². The van der Waals surface area contributed by atoms with Gasteiger partial charge in [0.2, 0.25) is 5.91 Å². The van der Waals surface area contributed by atoms with Crippen molar-refractivity contribution < 1.29 is 14.3 Å². The van der Waals surface area contributed by atoms with Gasteiger partial charge in [-0.25, -0.2) is 0 Å². The molecule has 4 nitrogen and oxygen atoms in total. The first kappa shape index (κ1) is 15.8. The maximum atomic E-state index is 12.3. The minimum atomic E-state index is -0.315. The minimum absolute atomic E-state index is 0.00512. The predicted octanol–water partition coefficient (Wildman–Crippen LogP) is 3.35. The zero-order valence-electron chi connectivity index (χ0n) is 12.2. The minimum Gasteiger partial charge on any atom is -0.466 e. The third kappa shape index (κ3) is 4.21. The van der Waals surface area contributed by atoms with E-state index in [-0.39, 0.29) is 30.8 Å². The van der Waals surface area contributed by atoms with E-state index in [4.69, 9.17) is 16.3 Å². The van der Waals surface area contributed by atoms with E-state index < -0.39 is 0 Å². The van der Waals surface area contributed by atoms with Gasteiger partial charge in [0.15, 0.2) is 0 Å². The van der Waals surface area contributed by atoms with Crippen LogP contribution < -0.4 is 0 Å². The Morgan fingerprint density at radius 2 is 2.19 bits per heavy atom. The predicted molar refractivity (Wildman–Crippen MR) is 81.0 cm³/mol. The number of carbonyl (C=O) groups excluding carboxylic acids is 2. The highest BCUT2D eigenvalue weighted by molar-refractivity contribution is 6.30. The Labute approximate surface area is 130 Å². The molecular weight excluding hydrogens is 290 g/mol. The second-order valence-electron chi connectivity index (χ2n) is 5.11. The van der Waals surface area contributed by atoms with Gasteiger partial charge in [-0.05, 0) is 37.5 Å². The number of hydrogen-bond acceptors (Lipinski definition) is 3. The van der Waals surface area contributed by atoms with Gasteiger partial charge in [0.05, 0.1) is 19.1 Å². The summed E-state index contributed by atoms with van der Waals surface area (Å²) in [4.78, 5) is 25.5. The maximum Gasteiger partial charge on any atom is 0.306 e. The molecule has 0 aliphatic carbocycles. The second kappa shape index (κ2) is 7.46. The number of rotatable bonds is 5. The number of likely N-dealkylation sites (tertiary alicyclic amines) is 1.